The van der Waals surface area contributed by atoms with E-state index < -0.39 is 11.3 Å². The quantitative estimate of drug-likeness (QED) is 0.472. The molecule has 10 nitrogen and oxygen atoms in total. The van der Waals surface area contributed by atoms with E-state index in [0.29, 0.717) is 27.8 Å². The summed E-state index contributed by atoms with van der Waals surface area (Å²) in [4.78, 5) is 25.1. The van der Waals surface area contributed by atoms with E-state index in [1.165, 1.54) is 31.2 Å². The zero-order chi connectivity index (χ0) is 22.7. The van der Waals surface area contributed by atoms with E-state index >= 15 is 0 Å². The lowest BCUT2D eigenvalue weighted by atomic mass is 10.1. The summed E-state index contributed by atoms with van der Waals surface area (Å²) >= 11 is 6.01. The van der Waals surface area contributed by atoms with E-state index in [-0.39, 0.29) is 17.2 Å². The maximum Gasteiger partial charge on any atom is 0.281 e. The van der Waals surface area contributed by atoms with E-state index in [9.17, 15) is 9.59 Å². The number of hydrogen-bond acceptors (Lipinski definition) is 8. The van der Waals surface area contributed by atoms with Crippen LogP contribution in [-0.2, 0) is 0 Å². The molecule has 2 aromatic heterocycles. The SMILES string of the molecule is COc1ccc(-c2nonc2NC(=O)c2nn(-c3cccc(Cl)c3)ccc2=O)cc1OC. The fraction of sp³-hybridized carbons (Fsp3) is 0.0952. The Morgan fingerprint density at radius 3 is 2.62 bits per heavy atom. The van der Waals surface area contributed by atoms with Gasteiger partial charge in [0.05, 0.1) is 19.9 Å². The third-order valence-electron chi connectivity index (χ3n) is 4.47. The normalized spacial score (nSPS) is 10.6. The smallest absolute Gasteiger partial charge is 0.281 e. The monoisotopic (exact) mass is 453 g/mol. The van der Waals surface area contributed by atoms with Crippen molar-refractivity contribution in [1.82, 2.24) is 20.1 Å². The number of carbonyl (C=O) groups excluding carboxylic acids is 1. The summed E-state index contributed by atoms with van der Waals surface area (Å²) in [5.41, 5.74) is 0.473. The number of amides is 1. The molecular weight excluding hydrogens is 438 g/mol. The summed E-state index contributed by atoms with van der Waals surface area (Å²) in [6.07, 6.45) is 1.44. The lowest BCUT2D eigenvalue weighted by Crippen LogP contribution is -2.25. The van der Waals surface area contributed by atoms with Gasteiger partial charge in [0.2, 0.25) is 11.2 Å². The summed E-state index contributed by atoms with van der Waals surface area (Å²) in [5, 5.41) is 14.7. The van der Waals surface area contributed by atoms with Crippen LogP contribution in [0, 0.1) is 0 Å². The molecule has 4 rings (SSSR count). The minimum atomic E-state index is -0.774. The Balaban J connectivity index is 1.65. The Morgan fingerprint density at radius 2 is 1.88 bits per heavy atom. The molecule has 2 aromatic carbocycles. The van der Waals surface area contributed by atoms with Gasteiger partial charge in [0.1, 0.15) is 0 Å². The lowest BCUT2D eigenvalue weighted by molar-refractivity contribution is 0.101. The summed E-state index contributed by atoms with van der Waals surface area (Å²) in [6, 6.07) is 13.1. The molecule has 0 radical (unpaired) electrons. The number of halogens is 1. The van der Waals surface area contributed by atoms with Crippen molar-refractivity contribution in [3.05, 3.63) is 75.7 Å². The van der Waals surface area contributed by atoms with Crippen LogP contribution in [0.1, 0.15) is 10.5 Å². The molecule has 32 heavy (non-hydrogen) atoms. The van der Waals surface area contributed by atoms with Crippen LogP contribution in [0.25, 0.3) is 16.9 Å². The number of nitrogens with one attached hydrogen (secondary N) is 1. The molecule has 1 N–H and O–H groups in total. The highest BCUT2D eigenvalue weighted by Crippen LogP contribution is 2.33. The minimum absolute atomic E-state index is 0.0154. The van der Waals surface area contributed by atoms with Gasteiger partial charge in [0.15, 0.2) is 22.9 Å². The van der Waals surface area contributed by atoms with Crippen molar-refractivity contribution in [2.24, 2.45) is 0 Å². The molecule has 0 fully saturated rings. The number of benzene rings is 2. The highest BCUT2D eigenvalue weighted by atomic mass is 35.5. The molecule has 162 valence electrons. The highest BCUT2D eigenvalue weighted by molar-refractivity contribution is 6.30. The summed E-state index contributed by atoms with van der Waals surface area (Å²) in [7, 11) is 3.02. The van der Waals surface area contributed by atoms with Gasteiger partial charge in [-0.2, -0.15) is 5.10 Å². The van der Waals surface area contributed by atoms with E-state index in [2.05, 4.69) is 20.7 Å². The van der Waals surface area contributed by atoms with Crippen molar-refractivity contribution in [2.45, 2.75) is 0 Å². The maximum atomic E-state index is 12.8. The first-order valence-corrected chi connectivity index (χ1v) is 9.60. The van der Waals surface area contributed by atoms with E-state index in [1.807, 2.05) is 0 Å². The van der Waals surface area contributed by atoms with Gasteiger partial charge in [-0.05, 0) is 46.7 Å². The molecule has 0 aliphatic rings. The number of nitrogens with zero attached hydrogens (tertiary/aromatic N) is 4. The first-order chi connectivity index (χ1) is 15.5. The zero-order valence-corrected chi connectivity index (χ0v) is 17.7. The molecule has 11 heteroatoms. The van der Waals surface area contributed by atoms with Gasteiger partial charge in [-0.1, -0.05) is 17.7 Å². The van der Waals surface area contributed by atoms with Crippen molar-refractivity contribution < 1.29 is 18.9 Å². The van der Waals surface area contributed by atoms with Gasteiger partial charge in [0.25, 0.3) is 5.91 Å². The van der Waals surface area contributed by atoms with Crippen molar-refractivity contribution in [2.75, 3.05) is 19.5 Å². The van der Waals surface area contributed by atoms with Gasteiger partial charge in [-0.3, -0.25) is 9.59 Å². The first-order valence-electron chi connectivity index (χ1n) is 9.22. The van der Waals surface area contributed by atoms with E-state index in [0.717, 1.165) is 0 Å². The molecule has 0 atom stereocenters. The minimum Gasteiger partial charge on any atom is -0.493 e. The molecule has 0 spiro atoms. The number of methoxy groups -OCH3 is 2. The van der Waals surface area contributed by atoms with Crippen LogP contribution in [-0.4, -0.2) is 40.2 Å². The van der Waals surface area contributed by atoms with E-state index in [4.69, 9.17) is 25.7 Å². The standard InChI is InChI=1S/C21H16ClN5O5/c1-30-16-7-6-12(10-17(16)31-2)18-20(26-32-25-18)23-21(29)19-15(28)8-9-27(24-19)14-5-3-4-13(22)11-14/h3-11H,1-2H3,(H,23,26,29). The molecule has 0 bridgehead atoms. The molecule has 0 saturated carbocycles. The second kappa shape index (κ2) is 8.90. The van der Waals surface area contributed by atoms with Crippen molar-refractivity contribution in [1.29, 1.82) is 0 Å². The number of anilines is 1. The third kappa shape index (κ3) is 4.16. The van der Waals surface area contributed by atoms with Crippen molar-refractivity contribution >= 4 is 23.3 Å². The second-order valence-corrected chi connectivity index (χ2v) is 6.87. The Hall–Kier alpha value is -4.18. The van der Waals surface area contributed by atoms with Gasteiger partial charge in [-0.25, -0.2) is 9.31 Å². The van der Waals surface area contributed by atoms with Crippen LogP contribution >= 0.6 is 11.6 Å². The molecule has 0 saturated heterocycles. The summed E-state index contributed by atoms with van der Waals surface area (Å²) < 4.78 is 16.7. The number of rotatable bonds is 6. The summed E-state index contributed by atoms with van der Waals surface area (Å²) in [6.45, 7) is 0. The molecule has 1 amide bonds. The number of aromatic nitrogens is 4. The zero-order valence-electron chi connectivity index (χ0n) is 16.9. The summed E-state index contributed by atoms with van der Waals surface area (Å²) in [5.74, 6) is 0.220. The average molecular weight is 454 g/mol. The largest absolute Gasteiger partial charge is 0.493 e. The number of hydrogen-bond donors (Lipinski definition) is 1. The second-order valence-electron chi connectivity index (χ2n) is 6.44. The van der Waals surface area contributed by atoms with Crippen LogP contribution in [0.2, 0.25) is 5.02 Å². The highest BCUT2D eigenvalue weighted by Gasteiger charge is 2.20. The van der Waals surface area contributed by atoms with Gasteiger partial charge in [-0.15, -0.1) is 0 Å². The van der Waals surface area contributed by atoms with Crippen molar-refractivity contribution in [3.8, 4) is 28.4 Å². The molecule has 0 aliphatic carbocycles. The fourth-order valence-corrected chi connectivity index (χ4v) is 3.12. The van der Waals surface area contributed by atoms with Crippen LogP contribution in [0.5, 0.6) is 11.5 Å². The molecule has 2 heterocycles. The van der Waals surface area contributed by atoms with Gasteiger partial charge in [0, 0.05) is 22.8 Å². The lowest BCUT2D eigenvalue weighted by Gasteiger charge is -2.09. The Morgan fingerprint density at radius 1 is 1.06 bits per heavy atom. The Kier molecular flexibility index (Phi) is 5.86. The third-order valence-corrected chi connectivity index (χ3v) is 4.71. The van der Waals surface area contributed by atoms with Crippen molar-refractivity contribution in [3.63, 3.8) is 0 Å². The predicted molar refractivity (Wildman–Crippen MR) is 116 cm³/mol. The number of carbonyl (C=O) groups is 1. The van der Waals surface area contributed by atoms with Crippen LogP contribution in [0.4, 0.5) is 5.82 Å². The van der Waals surface area contributed by atoms with Crippen LogP contribution in [0.3, 0.4) is 0 Å². The maximum absolute atomic E-state index is 12.8. The Labute approximate surface area is 186 Å². The molecule has 0 aliphatic heterocycles. The average Bonchev–Trinajstić information content (AvgIpc) is 3.26. The van der Waals surface area contributed by atoms with E-state index in [1.54, 1.807) is 42.5 Å². The van der Waals surface area contributed by atoms with Gasteiger partial charge < -0.3 is 14.8 Å². The van der Waals surface area contributed by atoms with Crippen LogP contribution < -0.4 is 20.2 Å². The fourth-order valence-electron chi connectivity index (χ4n) is 2.94. The Bertz CT molecular complexity index is 1350. The molecule has 4 aromatic rings. The molecule has 0 unspecified atom stereocenters. The first kappa shape index (κ1) is 21.1. The van der Waals surface area contributed by atoms with Gasteiger partial charge >= 0.3 is 0 Å². The molecular formula is C21H16ClN5O5. The van der Waals surface area contributed by atoms with Crippen LogP contribution in [0.15, 0.2) is 64.2 Å². The number of ether oxygens (including phenoxy) is 2. The predicted octanol–water partition coefficient (Wildman–Crippen LogP) is 3.21. The topological polar surface area (TPSA) is 121 Å².